The molecule has 0 saturated heterocycles. The third kappa shape index (κ3) is 2.62. The summed E-state index contributed by atoms with van der Waals surface area (Å²) in [5.41, 5.74) is -0.716. The first-order valence-electron chi connectivity index (χ1n) is 3.16. The van der Waals surface area contributed by atoms with E-state index in [1.165, 1.54) is 13.8 Å². The van der Waals surface area contributed by atoms with Crippen molar-refractivity contribution in [3.05, 3.63) is 0 Å². The Bertz CT molecular complexity index is 161. The zero-order chi connectivity index (χ0) is 8.36. The minimum Gasteiger partial charge on any atom is -0.344 e. The van der Waals surface area contributed by atoms with E-state index in [0.717, 1.165) is 0 Å². The van der Waals surface area contributed by atoms with Crippen LogP contribution in [0.5, 0.6) is 0 Å². The van der Waals surface area contributed by atoms with Crippen molar-refractivity contribution in [3.8, 4) is 0 Å². The molecule has 0 aliphatic carbocycles. The lowest BCUT2D eigenvalue weighted by molar-refractivity contribution is -0.128. The van der Waals surface area contributed by atoms with E-state index in [4.69, 9.17) is 0 Å². The van der Waals surface area contributed by atoms with Crippen LogP contribution in [0.4, 0.5) is 0 Å². The van der Waals surface area contributed by atoms with Gasteiger partial charge in [-0.15, -0.1) is 0 Å². The number of hydrogen-bond donors (Lipinski definition) is 1. The van der Waals surface area contributed by atoms with Gasteiger partial charge in [-0.3, -0.25) is 9.59 Å². The number of hydrogen-bond acceptors (Lipinski definition) is 2. The number of carbonyl (C=O) groups is 2. The number of Topliss-reactive ketones (excluding diaryl/α,β-unsaturated/α-hetero) is 1. The Kier molecular flexibility index (Phi) is 2.57. The average molecular weight is 143 g/mol. The molecule has 0 aromatic carbocycles. The first kappa shape index (κ1) is 9.14. The molecule has 58 valence electrons. The summed E-state index contributed by atoms with van der Waals surface area (Å²) in [6, 6.07) is 0. The Morgan fingerprint density at radius 3 is 1.70 bits per heavy atom. The van der Waals surface area contributed by atoms with Crippen LogP contribution in [0.25, 0.3) is 0 Å². The van der Waals surface area contributed by atoms with Gasteiger partial charge in [-0.05, 0) is 20.8 Å². The van der Waals surface area contributed by atoms with Gasteiger partial charge in [-0.25, -0.2) is 0 Å². The Balaban J connectivity index is 4.13. The maximum atomic E-state index is 10.8. The average Bonchev–Trinajstić information content (AvgIpc) is 1.60. The minimum absolute atomic E-state index is 0.0392. The zero-order valence-electron chi connectivity index (χ0n) is 6.82. The van der Waals surface area contributed by atoms with E-state index in [0.29, 0.717) is 0 Å². The molecule has 0 saturated carbocycles. The molecule has 0 unspecified atom stereocenters. The van der Waals surface area contributed by atoms with Crippen LogP contribution in [0, 0.1) is 0 Å². The van der Waals surface area contributed by atoms with Gasteiger partial charge in [0.25, 0.3) is 0 Å². The van der Waals surface area contributed by atoms with E-state index < -0.39 is 5.54 Å². The predicted molar refractivity (Wildman–Crippen MR) is 38.6 cm³/mol. The van der Waals surface area contributed by atoms with Crippen LogP contribution in [0.1, 0.15) is 27.7 Å². The Labute approximate surface area is 60.8 Å². The number of amides is 1. The zero-order valence-corrected chi connectivity index (χ0v) is 6.82. The number of rotatable bonds is 2. The Hall–Kier alpha value is -0.860. The fourth-order valence-corrected chi connectivity index (χ4v) is 0.528. The second-order valence-corrected chi connectivity index (χ2v) is 2.86. The van der Waals surface area contributed by atoms with Crippen molar-refractivity contribution in [1.82, 2.24) is 5.32 Å². The largest absolute Gasteiger partial charge is 0.344 e. The van der Waals surface area contributed by atoms with Gasteiger partial charge < -0.3 is 5.32 Å². The highest BCUT2D eigenvalue weighted by Gasteiger charge is 2.23. The van der Waals surface area contributed by atoms with Crippen molar-refractivity contribution >= 4 is 11.7 Å². The molecule has 0 aromatic heterocycles. The summed E-state index contributed by atoms with van der Waals surface area (Å²) in [7, 11) is 0. The molecule has 10 heavy (non-hydrogen) atoms. The van der Waals surface area contributed by atoms with Crippen molar-refractivity contribution in [3.63, 3.8) is 0 Å². The van der Waals surface area contributed by atoms with E-state index in [9.17, 15) is 9.59 Å². The number of nitrogens with one attached hydrogen (secondary N) is 1. The van der Waals surface area contributed by atoms with Gasteiger partial charge in [0.05, 0.1) is 5.54 Å². The molecule has 1 amide bonds. The van der Waals surface area contributed by atoms with Crippen molar-refractivity contribution in [2.24, 2.45) is 0 Å². The quantitative estimate of drug-likeness (QED) is 0.611. The van der Waals surface area contributed by atoms with Crippen molar-refractivity contribution in [2.75, 3.05) is 0 Å². The molecule has 0 fully saturated rings. The van der Waals surface area contributed by atoms with Gasteiger partial charge in [0, 0.05) is 6.92 Å². The molecule has 0 atom stereocenters. The highest BCUT2D eigenvalue weighted by atomic mass is 16.2. The molecule has 0 rings (SSSR count). The Morgan fingerprint density at radius 1 is 1.20 bits per heavy atom. The van der Waals surface area contributed by atoms with Crippen molar-refractivity contribution in [1.29, 1.82) is 0 Å². The van der Waals surface area contributed by atoms with Crippen LogP contribution in [0.15, 0.2) is 0 Å². The van der Waals surface area contributed by atoms with Crippen LogP contribution in [0.2, 0.25) is 0 Å². The smallest absolute Gasteiger partial charge is 0.217 e. The van der Waals surface area contributed by atoms with Crippen molar-refractivity contribution in [2.45, 2.75) is 33.2 Å². The lowest BCUT2D eigenvalue weighted by Crippen LogP contribution is -2.47. The monoisotopic (exact) mass is 143 g/mol. The molecule has 0 aliphatic rings. The standard InChI is InChI=1S/C7H13NO2/c1-5(9)7(3,4)8-6(2)10/h1-4H3,(H,8,10). The van der Waals surface area contributed by atoms with Gasteiger partial charge in [0.2, 0.25) is 5.91 Å². The van der Waals surface area contributed by atoms with E-state index in [1.54, 1.807) is 13.8 Å². The summed E-state index contributed by atoms with van der Waals surface area (Å²) in [6.45, 7) is 6.20. The van der Waals surface area contributed by atoms with E-state index >= 15 is 0 Å². The summed E-state index contributed by atoms with van der Waals surface area (Å²) < 4.78 is 0. The highest BCUT2D eigenvalue weighted by molar-refractivity contribution is 5.89. The summed E-state index contributed by atoms with van der Waals surface area (Å²) in [4.78, 5) is 21.3. The lowest BCUT2D eigenvalue weighted by atomic mass is 10.0. The summed E-state index contributed by atoms with van der Waals surface area (Å²) >= 11 is 0. The summed E-state index contributed by atoms with van der Waals surface area (Å²) in [6.07, 6.45) is 0. The van der Waals surface area contributed by atoms with Gasteiger partial charge in [-0.2, -0.15) is 0 Å². The molecule has 0 aromatic rings. The van der Waals surface area contributed by atoms with Crippen LogP contribution in [-0.2, 0) is 9.59 Å². The second-order valence-electron chi connectivity index (χ2n) is 2.86. The molecule has 0 bridgehead atoms. The summed E-state index contributed by atoms with van der Waals surface area (Å²) in [5, 5.41) is 2.53. The normalized spacial score (nSPS) is 10.8. The van der Waals surface area contributed by atoms with E-state index in [-0.39, 0.29) is 11.7 Å². The third-order valence-electron chi connectivity index (χ3n) is 1.37. The molecule has 3 heteroatoms. The predicted octanol–water partition coefficient (Wildman–Crippen LogP) is 0.490. The minimum atomic E-state index is -0.716. The van der Waals surface area contributed by atoms with Crippen molar-refractivity contribution < 1.29 is 9.59 Å². The number of carbonyl (C=O) groups excluding carboxylic acids is 2. The summed E-state index contributed by atoms with van der Waals surface area (Å²) in [5.74, 6) is -0.220. The van der Waals surface area contributed by atoms with Crippen LogP contribution in [0.3, 0.4) is 0 Å². The topological polar surface area (TPSA) is 46.2 Å². The van der Waals surface area contributed by atoms with Gasteiger partial charge in [0.1, 0.15) is 0 Å². The molecule has 0 spiro atoms. The first-order valence-corrected chi connectivity index (χ1v) is 3.16. The van der Waals surface area contributed by atoms with Gasteiger partial charge in [0.15, 0.2) is 5.78 Å². The molecular weight excluding hydrogens is 130 g/mol. The SMILES string of the molecule is CC(=O)NC(C)(C)C(C)=O. The second kappa shape index (κ2) is 2.82. The fraction of sp³-hybridized carbons (Fsp3) is 0.714. The van der Waals surface area contributed by atoms with Crippen LogP contribution < -0.4 is 5.32 Å². The Morgan fingerprint density at radius 2 is 1.60 bits per heavy atom. The highest BCUT2D eigenvalue weighted by Crippen LogP contribution is 2.01. The third-order valence-corrected chi connectivity index (χ3v) is 1.37. The van der Waals surface area contributed by atoms with Gasteiger partial charge >= 0.3 is 0 Å². The van der Waals surface area contributed by atoms with Gasteiger partial charge in [-0.1, -0.05) is 0 Å². The number of ketones is 1. The van der Waals surface area contributed by atoms with Crippen LogP contribution >= 0.6 is 0 Å². The molecular formula is C7H13NO2. The lowest BCUT2D eigenvalue weighted by Gasteiger charge is -2.21. The maximum Gasteiger partial charge on any atom is 0.217 e. The molecule has 0 radical (unpaired) electrons. The fourth-order valence-electron chi connectivity index (χ4n) is 0.528. The van der Waals surface area contributed by atoms with Crippen LogP contribution in [-0.4, -0.2) is 17.2 Å². The molecule has 0 heterocycles. The molecule has 0 aliphatic heterocycles. The van der Waals surface area contributed by atoms with E-state index in [2.05, 4.69) is 5.32 Å². The molecule has 3 nitrogen and oxygen atoms in total. The molecule has 1 N–H and O–H groups in total. The van der Waals surface area contributed by atoms with E-state index in [1.807, 2.05) is 0 Å². The first-order chi connectivity index (χ1) is 4.36. The maximum absolute atomic E-state index is 10.8.